The van der Waals surface area contributed by atoms with E-state index in [1.54, 1.807) is 0 Å². The van der Waals surface area contributed by atoms with Gasteiger partial charge in [0.25, 0.3) is 5.96 Å². The van der Waals surface area contributed by atoms with Crippen LogP contribution in [0.1, 0.15) is 32.1 Å². The van der Waals surface area contributed by atoms with Crippen molar-refractivity contribution in [3.63, 3.8) is 0 Å². The van der Waals surface area contributed by atoms with Crippen LogP contribution in [0.4, 0.5) is 0 Å². The van der Waals surface area contributed by atoms with Gasteiger partial charge < -0.3 is 15.1 Å². The van der Waals surface area contributed by atoms with Gasteiger partial charge in [0, 0.05) is 5.92 Å². The maximum absolute atomic E-state index is 8.85. The number of nitrogens with zero attached hydrogens (tertiary/aromatic N) is 5. The van der Waals surface area contributed by atoms with Crippen LogP contribution in [0.15, 0.2) is 15.1 Å². The molecular weight excluding hydrogens is 242 g/mol. The normalized spacial score (nSPS) is 26.7. The lowest BCUT2D eigenvalue weighted by Crippen LogP contribution is -2.53. The van der Waals surface area contributed by atoms with Crippen LogP contribution >= 0.6 is 0 Å². The van der Waals surface area contributed by atoms with Gasteiger partial charge in [0.2, 0.25) is 0 Å². The summed E-state index contributed by atoms with van der Waals surface area (Å²) in [5.74, 6) is 1.93. The van der Waals surface area contributed by atoms with Crippen LogP contribution in [-0.4, -0.2) is 48.7 Å². The Kier molecular flexibility index (Phi) is 3.55. The average Bonchev–Trinajstić information content (AvgIpc) is 2.80. The first-order chi connectivity index (χ1) is 9.34. The van der Waals surface area contributed by atoms with E-state index >= 15 is 0 Å². The van der Waals surface area contributed by atoms with Crippen molar-refractivity contribution in [3.8, 4) is 0 Å². The Morgan fingerprint density at radius 1 is 1.21 bits per heavy atom. The summed E-state index contributed by atoms with van der Waals surface area (Å²) < 4.78 is 5.77. The Labute approximate surface area is 113 Å². The monoisotopic (exact) mass is 261 g/mol. The van der Waals surface area contributed by atoms with Crippen molar-refractivity contribution in [2.24, 2.45) is 21.0 Å². The molecule has 1 aliphatic carbocycles. The summed E-state index contributed by atoms with van der Waals surface area (Å²) in [5, 5.41) is 13.7. The first-order valence-electron chi connectivity index (χ1n) is 7.08. The number of ether oxygens (including phenoxy) is 1. The van der Waals surface area contributed by atoms with Crippen molar-refractivity contribution in [2.45, 2.75) is 32.1 Å². The highest BCUT2D eigenvalue weighted by molar-refractivity contribution is 5.99. The molecule has 102 valence electrons. The van der Waals surface area contributed by atoms with E-state index in [1.807, 2.05) is 6.01 Å². The molecule has 0 N–H and O–H groups in total. The average molecular weight is 261 g/mol. The van der Waals surface area contributed by atoms with Crippen LogP contribution in [0, 0.1) is 5.92 Å². The van der Waals surface area contributed by atoms with Crippen LogP contribution in [0.25, 0.3) is 5.41 Å². The van der Waals surface area contributed by atoms with Crippen molar-refractivity contribution >= 4 is 17.8 Å². The fraction of sp³-hybridized carbons (Fsp3) is 0.769. The van der Waals surface area contributed by atoms with E-state index in [1.165, 1.54) is 32.1 Å². The minimum Gasteiger partial charge on any atom is -0.422 e. The predicted octanol–water partition coefficient (Wildman–Crippen LogP) is 1.84. The van der Waals surface area contributed by atoms with Gasteiger partial charge in [-0.1, -0.05) is 24.4 Å². The Bertz CT molecular complexity index is 452. The zero-order valence-electron chi connectivity index (χ0n) is 11.1. The lowest BCUT2D eigenvalue weighted by atomic mass is 9.88. The molecule has 0 bridgehead atoms. The van der Waals surface area contributed by atoms with Crippen molar-refractivity contribution in [1.29, 1.82) is 0 Å². The SMILES string of the molecule is [N-]=C=NC1=NC(C2CCCCC2)=N[N+]12CCOCC2. The molecule has 3 aliphatic rings. The highest BCUT2D eigenvalue weighted by Gasteiger charge is 2.41. The van der Waals surface area contributed by atoms with Crippen LogP contribution in [0.3, 0.4) is 0 Å². The molecular formula is C13H19N5O. The molecule has 1 saturated carbocycles. The number of quaternary nitrogens is 1. The molecule has 0 radical (unpaired) electrons. The van der Waals surface area contributed by atoms with Crippen LogP contribution in [-0.2, 0) is 4.74 Å². The molecule has 2 aliphatic heterocycles. The number of aliphatic imine (C=N–C) groups is 2. The van der Waals surface area contributed by atoms with E-state index in [0.717, 1.165) is 18.9 Å². The summed E-state index contributed by atoms with van der Waals surface area (Å²) in [6, 6.07) is 1.87. The molecule has 0 aromatic heterocycles. The molecule has 0 aromatic carbocycles. The van der Waals surface area contributed by atoms with E-state index in [2.05, 4.69) is 9.98 Å². The van der Waals surface area contributed by atoms with Gasteiger partial charge >= 0.3 is 0 Å². The van der Waals surface area contributed by atoms with Crippen LogP contribution in [0.2, 0.25) is 0 Å². The zero-order chi connectivity index (χ0) is 13.1. The molecule has 6 heteroatoms. The second kappa shape index (κ2) is 5.33. The van der Waals surface area contributed by atoms with Gasteiger partial charge in [-0.05, 0) is 12.8 Å². The third kappa shape index (κ3) is 2.39. The van der Waals surface area contributed by atoms with Gasteiger partial charge in [0.1, 0.15) is 13.1 Å². The maximum Gasteiger partial charge on any atom is 0.261 e. The Balaban J connectivity index is 1.88. The molecule has 2 fully saturated rings. The van der Waals surface area contributed by atoms with Gasteiger partial charge in [-0.15, -0.1) is 10.6 Å². The lowest BCUT2D eigenvalue weighted by Gasteiger charge is -2.32. The molecule has 2 heterocycles. The fourth-order valence-corrected chi connectivity index (χ4v) is 3.10. The molecule has 1 saturated heterocycles. The number of hydrogen-bond acceptors (Lipinski definition) is 4. The van der Waals surface area contributed by atoms with Gasteiger partial charge in [0.15, 0.2) is 5.84 Å². The third-order valence-electron chi connectivity index (χ3n) is 4.21. The third-order valence-corrected chi connectivity index (χ3v) is 4.21. The van der Waals surface area contributed by atoms with E-state index < -0.39 is 0 Å². The van der Waals surface area contributed by atoms with E-state index in [9.17, 15) is 0 Å². The summed E-state index contributed by atoms with van der Waals surface area (Å²) >= 11 is 0. The maximum atomic E-state index is 8.85. The lowest BCUT2D eigenvalue weighted by molar-refractivity contribution is -0.855. The molecule has 0 atom stereocenters. The second-order valence-corrected chi connectivity index (χ2v) is 5.40. The molecule has 0 aromatic rings. The molecule has 19 heavy (non-hydrogen) atoms. The molecule has 0 amide bonds. The number of rotatable bonds is 1. The number of guanidine groups is 1. The molecule has 0 unspecified atom stereocenters. The van der Waals surface area contributed by atoms with Gasteiger partial charge in [0.05, 0.1) is 13.2 Å². The van der Waals surface area contributed by atoms with Crippen LogP contribution < -0.4 is 0 Å². The molecule has 3 rings (SSSR count). The standard InChI is InChI=1S/C13H19N5O/c14-10-15-13-16-12(11-4-2-1-3-5-11)17-18(13)6-8-19-9-7-18/h11H,1-9H2. The minimum atomic E-state index is 0.374. The quantitative estimate of drug-likeness (QED) is 0.524. The van der Waals surface area contributed by atoms with Gasteiger partial charge in [-0.2, -0.15) is 4.99 Å². The number of hydrogen-bond donors (Lipinski definition) is 0. The van der Waals surface area contributed by atoms with E-state index in [0.29, 0.717) is 29.7 Å². The smallest absolute Gasteiger partial charge is 0.261 e. The number of amidine groups is 1. The molecule has 1 spiro atoms. The first-order valence-corrected chi connectivity index (χ1v) is 7.08. The predicted molar refractivity (Wildman–Crippen MR) is 73.1 cm³/mol. The molecule has 6 nitrogen and oxygen atoms in total. The van der Waals surface area contributed by atoms with Crippen molar-refractivity contribution in [2.75, 3.05) is 26.3 Å². The largest absolute Gasteiger partial charge is 0.422 e. The van der Waals surface area contributed by atoms with Crippen LogP contribution in [0.5, 0.6) is 0 Å². The zero-order valence-corrected chi connectivity index (χ0v) is 11.1. The Morgan fingerprint density at radius 2 is 1.95 bits per heavy atom. The first kappa shape index (κ1) is 12.7. The van der Waals surface area contributed by atoms with Crippen molar-refractivity contribution in [3.05, 3.63) is 5.41 Å². The van der Waals surface area contributed by atoms with Gasteiger partial charge in [-0.3, -0.25) is 0 Å². The van der Waals surface area contributed by atoms with E-state index in [-0.39, 0.29) is 0 Å². The summed E-state index contributed by atoms with van der Waals surface area (Å²) in [6.07, 6.45) is 6.16. The summed E-state index contributed by atoms with van der Waals surface area (Å²) in [4.78, 5) is 8.48. The van der Waals surface area contributed by atoms with Crippen molar-refractivity contribution < 1.29 is 9.33 Å². The Hall–Kier alpha value is -1.36. The topological polar surface area (TPSA) is 68.6 Å². The highest BCUT2D eigenvalue weighted by atomic mass is 16.5. The summed E-state index contributed by atoms with van der Waals surface area (Å²) in [7, 11) is 0. The minimum absolute atomic E-state index is 0.374. The summed E-state index contributed by atoms with van der Waals surface area (Å²) in [6.45, 7) is 2.78. The Morgan fingerprint density at radius 3 is 2.63 bits per heavy atom. The highest BCUT2D eigenvalue weighted by Crippen LogP contribution is 2.30. The second-order valence-electron chi connectivity index (χ2n) is 5.40. The van der Waals surface area contributed by atoms with E-state index in [4.69, 9.17) is 15.2 Å². The van der Waals surface area contributed by atoms with Gasteiger partial charge in [-0.25, -0.2) is 0 Å². The summed E-state index contributed by atoms with van der Waals surface area (Å²) in [5.41, 5.74) is 0. The fourth-order valence-electron chi connectivity index (χ4n) is 3.10. The van der Waals surface area contributed by atoms with Crippen molar-refractivity contribution in [1.82, 2.24) is 0 Å². The number of morpholine rings is 1.